The van der Waals surface area contributed by atoms with E-state index in [9.17, 15) is 19.5 Å². The van der Waals surface area contributed by atoms with Gasteiger partial charge in [-0.25, -0.2) is 13.6 Å². The monoisotopic (exact) mass is 508 g/mol. The van der Waals surface area contributed by atoms with Gasteiger partial charge in [0.2, 0.25) is 0 Å². The third-order valence-corrected chi connectivity index (χ3v) is 6.39. The van der Waals surface area contributed by atoms with Gasteiger partial charge in [0.15, 0.2) is 5.67 Å². The summed E-state index contributed by atoms with van der Waals surface area (Å²) in [6.07, 6.45) is 3.36. The number of alkyl halides is 1. The highest BCUT2D eigenvalue weighted by Gasteiger charge is 2.49. The molecule has 1 heterocycles. The Balaban J connectivity index is 1.88. The first kappa shape index (κ1) is 25.3. The summed E-state index contributed by atoms with van der Waals surface area (Å²) in [4.78, 5) is 16.6. The van der Waals surface area contributed by atoms with Crippen LogP contribution in [0.4, 0.5) is 8.78 Å². The molecule has 0 amide bonds. The van der Waals surface area contributed by atoms with Gasteiger partial charge in [-0.15, -0.1) is 0 Å². The lowest BCUT2D eigenvalue weighted by molar-refractivity contribution is -0.133. The molecule has 8 heteroatoms. The maximum absolute atomic E-state index is 17.1. The molecule has 0 spiro atoms. The Morgan fingerprint density at radius 3 is 2.53 bits per heavy atom. The highest BCUT2D eigenvalue weighted by molar-refractivity contribution is 6.35. The van der Waals surface area contributed by atoms with Crippen molar-refractivity contribution in [3.05, 3.63) is 112 Å². The van der Waals surface area contributed by atoms with Gasteiger partial charge in [-0.05, 0) is 79.3 Å². The number of allylic oxidation sites excluding steroid dienone is 3. The fraction of sp³-hybridized carbons (Fsp3) is 0.179. The second-order valence-corrected chi connectivity index (χ2v) is 8.99. The minimum atomic E-state index is -2.70. The van der Waals surface area contributed by atoms with E-state index in [0.717, 1.165) is 17.3 Å². The van der Waals surface area contributed by atoms with Crippen LogP contribution in [0.1, 0.15) is 35.2 Å². The van der Waals surface area contributed by atoms with Gasteiger partial charge in [-0.2, -0.15) is 0 Å². The molecule has 1 aliphatic rings. The zero-order valence-electron chi connectivity index (χ0n) is 19.4. The number of carbonyl (C=O) groups is 1. The number of oxime groups is 1. The highest BCUT2D eigenvalue weighted by Crippen LogP contribution is 2.45. The van der Waals surface area contributed by atoms with E-state index in [1.165, 1.54) is 18.2 Å². The number of carboxylic acid groups (broad SMARTS) is 1. The predicted molar refractivity (Wildman–Crippen MR) is 135 cm³/mol. The smallest absolute Gasteiger partial charge is 0.335 e. The molecule has 4 rings (SSSR count). The Bertz CT molecular complexity index is 1400. The standard InChI is InChI=1S/C28H23ClF2N2O3/c1-17-14-18(11-13-32-17)6-5-12-28(31)25(27(34)35)23(21-10-9-20(29)15-24(21)30)16-22(26(28)33-36)19-7-3-2-4-8-19/h2-4,7-11,13-16,36H,5-6,12H2,1H3,(H,34,35)/b33-26+/t28-/m1/s1. The quantitative estimate of drug-likeness (QED) is 0.275. The average molecular weight is 509 g/mol. The lowest BCUT2D eigenvalue weighted by Gasteiger charge is -2.33. The van der Waals surface area contributed by atoms with Crippen molar-refractivity contribution in [2.45, 2.75) is 31.9 Å². The van der Waals surface area contributed by atoms with Crippen LogP contribution in [0.15, 0.2) is 83.7 Å². The van der Waals surface area contributed by atoms with Gasteiger partial charge in [-0.1, -0.05) is 47.1 Å². The number of rotatable bonds is 7. The third-order valence-electron chi connectivity index (χ3n) is 6.15. The minimum absolute atomic E-state index is 0.117. The lowest BCUT2D eigenvalue weighted by Crippen LogP contribution is -2.42. The number of pyridine rings is 1. The fourth-order valence-corrected chi connectivity index (χ4v) is 4.70. The molecule has 36 heavy (non-hydrogen) atoms. The Morgan fingerprint density at radius 1 is 1.14 bits per heavy atom. The van der Waals surface area contributed by atoms with Crippen molar-refractivity contribution in [1.82, 2.24) is 4.98 Å². The van der Waals surface area contributed by atoms with E-state index in [4.69, 9.17) is 11.6 Å². The first-order valence-electron chi connectivity index (χ1n) is 11.3. The van der Waals surface area contributed by atoms with Crippen molar-refractivity contribution in [3.63, 3.8) is 0 Å². The number of aliphatic carboxylic acids is 1. The van der Waals surface area contributed by atoms with E-state index in [1.54, 1.807) is 42.6 Å². The van der Waals surface area contributed by atoms with Crippen molar-refractivity contribution < 1.29 is 23.9 Å². The van der Waals surface area contributed by atoms with E-state index < -0.39 is 28.7 Å². The summed E-state index contributed by atoms with van der Waals surface area (Å²) < 4.78 is 32.1. The van der Waals surface area contributed by atoms with Crippen LogP contribution < -0.4 is 0 Å². The number of aromatic nitrogens is 1. The Morgan fingerprint density at radius 2 is 1.89 bits per heavy atom. The molecule has 0 radical (unpaired) electrons. The van der Waals surface area contributed by atoms with Gasteiger partial charge < -0.3 is 10.3 Å². The molecular formula is C28H23ClF2N2O3. The highest BCUT2D eigenvalue weighted by atomic mass is 35.5. The summed E-state index contributed by atoms with van der Waals surface area (Å²) in [5.74, 6) is -2.37. The molecule has 0 aliphatic heterocycles. The normalized spacial score (nSPS) is 18.9. The van der Waals surface area contributed by atoms with Crippen molar-refractivity contribution in [2.75, 3.05) is 0 Å². The molecule has 3 aromatic rings. The second kappa shape index (κ2) is 10.4. The van der Waals surface area contributed by atoms with Gasteiger partial charge in [0.1, 0.15) is 11.5 Å². The van der Waals surface area contributed by atoms with Crippen LogP contribution in [0.3, 0.4) is 0 Å². The van der Waals surface area contributed by atoms with E-state index in [-0.39, 0.29) is 34.6 Å². The third kappa shape index (κ3) is 4.93. The fourth-order valence-electron chi connectivity index (χ4n) is 4.55. The number of carboxylic acids is 1. The average Bonchev–Trinajstić information content (AvgIpc) is 2.83. The Labute approximate surface area is 212 Å². The molecule has 0 saturated carbocycles. The van der Waals surface area contributed by atoms with Crippen molar-refractivity contribution in [1.29, 1.82) is 0 Å². The minimum Gasteiger partial charge on any atom is -0.478 e. The molecular weight excluding hydrogens is 486 g/mol. The lowest BCUT2D eigenvalue weighted by atomic mass is 9.73. The molecule has 0 bridgehead atoms. The molecule has 0 unspecified atom stereocenters. The SMILES string of the molecule is Cc1cc(CCC[C@@]2(F)C(C(=O)O)=C(c3ccc(Cl)cc3F)C=C(c3ccccc3)/C2=N\O)ccn1. The summed E-state index contributed by atoms with van der Waals surface area (Å²) in [7, 11) is 0. The van der Waals surface area contributed by atoms with Crippen LogP contribution in [0, 0.1) is 12.7 Å². The van der Waals surface area contributed by atoms with Crippen LogP contribution in [0.2, 0.25) is 5.02 Å². The first-order chi connectivity index (χ1) is 17.2. The molecule has 5 nitrogen and oxygen atoms in total. The van der Waals surface area contributed by atoms with Crippen LogP contribution in [0.5, 0.6) is 0 Å². The van der Waals surface area contributed by atoms with Crippen LogP contribution >= 0.6 is 11.6 Å². The first-order valence-corrected chi connectivity index (χ1v) is 11.7. The molecule has 1 atom stereocenters. The molecule has 1 aliphatic carbocycles. The number of nitrogens with zero attached hydrogens (tertiary/aromatic N) is 2. The molecule has 2 aromatic carbocycles. The number of benzene rings is 2. The maximum Gasteiger partial charge on any atom is 0.335 e. The molecule has 2 N–H and O–H groups in total. The summed E-state index contributed by atoms with van der Waals surface area (Å²) in [5, 5.41) is 23.5. The van der Waals surface area contributed by atoms with Crippen LogP contribution in [-0.4, -0.2) is 32.6 Å². The summed E-state index contributed by atoms with van der Waals surface area (Å²) in [6.45, 7) is 1.84. The maximum atomic E-state index is 17.1. The molecule has 0 fully saturated rings. The Kier molecular flexibility index (Phi) is 7.31. The summed E-state index contributed by atoms with van der Waals surface area (Å²) in [6, 6.07) is 16.0. The molecule has 0 saturated heterocycles. The zero-order valence-corrected chi connectivity index (χ0v) is 20.1. The number of hydrogen-bond acceptors (Lipinski definition) is 4. The van der Waals surface area contributed by atoms with Gasteiger partial charge >= 0.3 is 5.97 Å². The van der Waals surface area contributed by atoms with Crippen molar-refractivity contribution in [3.8, 4) is 0 Å². The van der Waals surface area contributed by atoms with Crippen molar-refractivity contribution in [2.24, 2.45) is 5.16 Å². The second-order valence-electron chi connectivity index (χ2n) is 8.55. The van der Waals surface area contributed by atoms with E-state index in [0.29, 0.717) is 12.0 Å². The zero-order chi connectivity index (χ0) is 25.9. The molecule has 1 aromatic heterocycles. The van der Waals surface area contributed by atoms with Gasteiger partial charge in [0.05, 0.1) is 5.57 Å². The predicted octanol–water partition coefficient (Wildman–Crippen LogP) is 6.68. The van der Waals surface area contributed by atoms with E-state index >= 15 is 4.39 Å². The van der Waals surface area contributed by atoms with Crippen LogP contribution in [-0.2, 0) is 11.2 Å². The number of aryl methyl sites for hydroxylation is 2. The Hall–Kier alpha value is -3.84. The van der Waals surface area contributed by atoms with Crippen LogP contribution in [0.25, 0.3) is 11.1 Å². The summed E-state index contributed by atoms with van der Waals surface area (Å²) >= 11 is 5.90. The van der Waals surface area contributed by atoms with E-state index in [2.05, 4.69) is 10.1 Å². The summed E-state index contributed by atoms with van der Waals surface area (Å²) in [5.41, 5.74) is -1.73. The number of hydrogen-bond donors (Lipinski definition) is 2. The van der Waals surface area contributed by atoms with Gasteiger partial charge in [-0.3, -0.25) is 4.98 Å². The van der Waals surface area contributed by atoms with Crippen molar-refractivity contribution >= 4 is 34.4 Å². The van der Waals surface area contributed by atoms with Gasteiger partial charge in [0, 0.05) is 28.0 Å². The van der Waals surface area contributed by atoms with Gasteiger partial charge in [0.25, 0.3) is 0 Å². The number of halogens is 3. The largest absolute Gasteiger partial charge is 0.478 e. The topological polar surface area (TPSA) is 82.8 Å². The molecule has 184 valence electrons. The van der Waals surface area contributed by atoms with E-state index in [1.807, 2.05) is 13.0 Å².